The number of benzene rings is 1. The number of morpholine rings is 1. The lowest BCUT2D eigenvalue weighted by molar-refractivity contribution is 0.109. The van der Waals surface area contributed by atoms with Gasteiger partial charge in [-0.15, -0.1) is 0 Å². The van der Waals surface area contributed by atoms with Crippen molar-refractivity contribution >= 4 is 6.03 Å². The zero-order chi connectivity index (χ0) is 16.4. The molecule has 0 spiro atoms. The van der Waals surface area contributed by atoms with Gasteiger partial charge in [-0.2, -0.15) is 0 Å². The molecule has 1 fully saturated rings. The van der Waals surface area contributed by atoms with Crippen LogP contribution in [0.25, 0.3) is 0 Å². The molecule has 2 rings (SSSR count). The molecule has 0 aromatic heterocycles. The van der Waals surface area contributed by atoms with Crippen LogP contribution in [0.5, 0.6) is 5.75 Å². The summed E-state index contributed by atoms with van der Waals surface area (Å²) in [6, 6.07) is 6.89. The van der Waals surface area contributed by atoms with E-state index in [-0.39, 0.29) is 11.8 Å². The first-order chi connectivity index (χ1) is 10.5. The van der Waals surface area contributed by atoms with Crippen molar-refractivity contribution in [3.05, 3.63) is 29.8 Å². The maximum atomic E-state index is 11.7. The first kappa shape index (κ1) is 18.3. The number of urea groups is 1. The van der Waals surface area contributed by atoms with Gasteiger partial charge in [0.1, 0.15) is 5.75 Å². The lowest BCUT2D eigenvalue weighted by Crippen LogP contribution is -2.38. The Hall–Kier alpha value is -1.79. The minimum atomic E-state index is -0.00410. The van der Waals surface area contributed by atoms with Crippen LogP contribution in [0.4, 0.5) is 4.79 Å². The van der Waals surface area contributed by atoms with E-state index in [1.807, 2.05) is 19.1 Å². The van der Waals surface area contributed by atoms with Gasteiger partial charge in [0.25, 0.3) is 0 Å². The van der Waals surface area contributed by atoms with Crippen molar-refractivity contribution in [3.63, 3.8) is 0 Å². The normalized spacial score (nSPS) is 13.8. The van der Waals surface area contributed by atoms with Crippen LogP contribution in [0.2, 0.25) is 0 Å². The van der Waals surface area contributed by atoms with Crippen LogP contribution in [0.15, 0.2) is 24.3 Å². The van der Waals surface area contributed by atoms with E-state index in [0.29, 0.717) is 13.1 Å². The standard InChI is InChI=1S/C12H18N2O2.C4H9NO/c1-4-14(12(16)13(2)3)9-10-5-7-11(15)8-6-10;1-3-6-4-2-5-1/h5-8,15H,4,9H2,1-3H3;5H,1-4H2. The highest BCUT2D eigenvalue weighted by Gasteiger charge is 2.13. The fraction of sp³-hybridized carbons (Fsp3) is 0.562. The summed E-state index contributed by atoms with van der Waals surface area (Å²) in [5.41, 5.74) is 1.01. The summed E-state index contributed by atoms with van der Waals surface area (Å²) < 4.78 is 5.01. The molecule has 1 aromatic rings. The molecule has 6 heteroatoms. The summed E-state index contributed by atoms with van der Waals surface area (Å²) in [5.74, 6) is 0.241. The van der Waals surface area contributed by atoms with E-state index in [1.54, 1.807) is 36.0 Å². The monoisotopic (exact) mass is 309 g/mol. The number of ether oxygens (including phenoxy) is 1. The molecule has 1 aliphatic rings. The van der Waals surface area contributed by atoms with E-state index < -0.39 is 0 Å². The predicted octanol–water partition coefficient (Wildman–Crippen LogP) is 1.50. The van der Waals surface area contributed by atoms with Gasteiger partial charge in [-0.1, -0.05) is 12.1 Å². The van der Waals surface area contributed by atoms with Crippen molar-refractivity contribution in [1.29, 1.82) is 0 Å². The van der Waals surface area contributed by atoms with Crippen LogP contribution in [0.1, 0.15) is 12.5 Å². The SMILES string of the molecule is C1COCCN1.CCN(Cc1ccc(O)cc1)C(=O)N(C)C. The van der Waals surface area contributed by atoms with E-state index in [1.165, 1.54) is 0 Å². The highest BCUT2D eigenvalue weighted by atomic mass is 16.5. The Morgan fingerprint density at radius 1 is 1.23 bits per heavy atom. The van der Waals surface area contributed by atoms with Crippen LogP contribution in [-0.2, 0) is 11.3 Å². The molecule has 0 unspecified atom stereocenters. The number of amides is 2. The molecule has 0 atom stereocenters. The second-order valence-corrected chi connectivity index (χ2v) is 5.22. The Balaban J connectivity index is 0.000000335. The largest absolute Gasteiger partial charge is 0.508 e. The van der Waals surface area contributed by atoms with Gasteiger partial charge in [0, 0.05) is 40.3 Å². The van der Waals surface area contributed by atoms with Crippen LogP contribution in [-0.4, -0.2) is 67.9 Å². The van der Waals surface area contributed by atoms with Crippen LogP contribution in [0, 0.1) is 0 Å². The number of carbonyl (C=O) groups is 1. The number of phenols is 1. The third-order valence-corrected chi connectivity index (χ3v) is 3.19. The van der Waals surface area contributed by atoms with Crippen molar-refractivity contribution in [2.24, 2.45) is 0 Å². The van der Waals surface area contributed by atoms with Crippen molar-refractivity contribution in [2.45, 2.75) is 13.5 Å². The van der Waals surface area contributed by atoms with E-state index in [4.69, 9.17) is 9.84 Å². The van der Waals surface area contributed by atoms with E-state index >= 15 is 0 Å². The van der Waals surface area contributed by atoms with Gasteiger partial charge < -0.3 is 25.0 Å². The molecule has 124 valence electrons. The van der Waals surface area contributed by atoms with Crippen LogP contribution >= 0.6 is 0 Å². The molecule has 22 heavy (non-hydrogen) atoms. The zero-order valence-electron chi connectivity index (χ0n) is 13.7. The van der Waals surface area contributed by atoms with E-state index in [9.17, 15) is 4.79 Å². The summed E-state index contributed by atoms with van der Waals surface area (Å²) in [4.78, 5) is 15.0. The molecule has 2 N–H and O–H groups in total. The van der Waals surface area contributed by atoms with Crippen molar-refractivity contribution in [3.8, 4) is 5.75 Å². The highest BCUT2D eigenvalue weighted by Crippen LogP contribution is 2.12. The molecule has 0 bridgehead atoms. The molecule has 1 aliphatic heterocycles. The van der Waals surface area contributed by atoms with Gasteiger partial charge in [-0.25, -0.2) is 4.79 Å². The van der Waals surface area contributed by atoms with E-state index in [2.05, 4.69) is 5.32 Å². The maximum Gasteiger partial charge on any atom is 0.319 e. The summed E-state index contributed by atoms with van der Waals surface area (Å²) in [6.07, 6.45) is 0. The molecule has 1 aromatic carbocycles. The number of hydrogen-bond donors (Lipinski definition) is 2. The van der Waals surface area contributed by atoms with Crippen molar-refractivity contribution in [1.82, 2.24) is 15.1 Å². The number of aromatic hydroxyl groups is 1. The Morgan fingerprint density at radius 3 is 2.18 bits per heavy atom. The Morgan fingerprint density at radius 2 is 1.82 bits per heavy atom. The predicted molar refractivity (Wildman–Crippen MR) is 87.0 cm³/mol. The number of carbonyl (C=O) groups excluding carboxylic acids is 1. The highest BCUT2D eigenvalue weighted by molar-refractivity contribution is 5.73. The summed E-state index contributed by atoms with van der Waals surface area (Å²) in [6.45, 7) is 7.01. The first-order valence-electron chi connectivity index (χ1n) is 7.57. The maximum absolute atomic E-state index is 11.7. The topological polar surface area (TPSA) is 65.0 Å². The Labute approximate surface area is 132 Å². The molecular formula is C16H27N3O3. The van der Waals surface area contributed by atoms with Gasteiger partial charge in [-0.05, 0) is 24.6 Å². The lowest BCUT2D eigenvalue weighted by atomic mass is 10.2. The number of nitrogens with zero attached hydrogens (tertiary/aromatic N) is 2. The average Bonchev–Trinajstić information content (AvgIpc) is 2.56. The van der Waals surface area contributed by atoms with Crippen molar-refractivity contribution < 1.29 is 14.6 Å². The van der Waals surface area contributed by atoms with Gasteiger partial charge in [0.15, 0.2) is 0 Å². The number of rotatable bonds is 3. The minimum absolute atomic E-state index is 0.00410. The second-order valence-electron chi connectivity index (χ2n) is 5.22. The molecule has 6 nitrogen and oxygen atoms in total. The molecule has 1 saturated heterocycles. The zero-order valence-corrected chi connectivity index (χ0v) is 13.7. The quantitative estimate of drug-likeness (QED) is 0.888. The number of nitrogens with one attached hydrogen (secondary N) is 1. The fourth-order valence-corrected chi connectivity index (χ4v) is 1.94. The average molecular weight is 309 g/mol. The summed E-state index contributed by atoms with van der Waals surface area (Å²) >= 11 is 0. The second kappa shape index (κ2) is 10.0. The summed E-state index contributed by atoms with van der Waals surface area (Å²) in [5, 5.41) is 12.3. The van der Waals surface area contributed by atoms with Gasteiger partial charge in [-0.3, -0.25) is 0 Å². The lowest BCUT2D eigenvalue weighted by Gasteiger charge is -2.24. The van der Waals surface area contributed by atoms with E-state index in [0.717, 1.165) is 31.9 Å². The molecular weight excluding hydrogens is 282 g/mol. The molecule has 0 aliphatic carbocycles. The van der Waals surface area contributed by atoms with Gasteiger partial charge >= 0.3 is 6.03 Å². The Kier molecular flexibility index (Phi) is 8.32. The third kappa shape index (κ3) is 6.78. The minimum Gasteiger partial charge on any atom is -0.508 e. The summed E-state index contributed by atoms with van der Waals surface area (Å²) in [7, 11) is 3.48. The van der Waals surface area contributed by atoms with Crippen LogP contribution in [0.3, 0.4) is 0 Å². The molecule has 2 amide bonds. The van der Waals surface area contributed by atoms with Gasteiger partial charge in [0.05, 0.1) is 13.2 Å². The molecule has 1 heterocycles. The molecule has 0 radical (unpaired) electrons. The third-order valence-electron chi connectivity index (χ3n) is 3.19. The first-order valence-corrected chi connectivity index (χ1v) is 7.57. The van der Waals surface area contributed by atoms with Crippen molar-refractivity contribution in [2.75, 3.05) is 46.9 Å². The molecule has 0 saturated carbocycles. The number of hydrogen-bond acceptors (Lipinski definition) is 4. The fourth-order valence-electron chi connectivity index (χ4n) is 1.94. The smallest absolute Gasteiger partial charge is 0.319 e. The number of phenolic OH excluding ortho intramolecular Hbond substituents is 1. The Bertz CT molecular complexity index is 419. The van der Waals surface area contributed by atoms with Crippen LogP contribution < -0.4 is 5.32 Å². The van der Waals surface area contributed by atoms with Gasteiger partial charge in [0.2, 0.25) is 0 Å².